The lowest BCUT2D eigenvalue weighted by Gasteiger charge is -2.18. The molecule has 0 radical (unpaired) electrons. The molecule has 0 aromatic rings. The van der Waals surface area contributed by atoms with Crippen LogP contribution >= 0.6 is 0 Å². The van der Waals surface area contributed by atoms with E-state index >= 15 is 0 Å². The molecule has 0 aromatic carbocycles. The average Bonchev–Trinajstić information content (AvgIpc) is 1.90. The lowest BCUT2D eigenvalue weighted by atomic mass is 10.4. The summed E-state index contributed by atoms with van der Waals surface area (Å²) < 4.78 is 0. The van der Waals surface area contributed by atoms with Gasteiger partial charge in [-0.3, -0.25) is 15.5 Å². The van der Waals surface area contributed by atoms with E-state index in [-0.39, 0.29) is 5.91 Å². The van der Waals surface area contributed by atoms with Crippen molar-refractivity contribution >= 4 is 12.1 Å². The Morgan fingerprint density at radius 2 is 2.50 bits per heavy atom. The van der Waals surface area contributed by atoms with E-state index in [2.05, 4.69) is 10.3 Å². The number of carbonyl (C=O) groups excluding carboxylic acids is 1. The van der Waals surface area contributed by atoms with Gasteiger partial charge in [-0.2, -0.15) is 0 Å². The lowest BCUT2D eigenvalue weighted by Crippen LogP contribution is -2.50. The van der Waals surface area contributed by atoms with Gasteiger partial charge in [-0.25, -0.2) is 0 Å². The molecule has 1 aliphatic rings. The van der Waals surface area contributed by atoms with Crippen LogP contribution in [-0.2, 0) is 4.79 Å². The highest BCUT2D eigenvalue weighted by Gasteiger charge is 2.17. The fourth-order valence-electron chi connectivity index (χ4n) is 0.652. The third kappa shape index (κ3) is 1.66. The molecule has 4 heteroatoms. The number of nitrogens with two attached hydrogens (primary N) is 1. The van der Waals surface area contributed by atoms with Gasteiger partial charge in [0, 0.05) is 12.3 Å². The number of carbonyl (C=O) groups is 1. The number of rotatable bonds is 0. The third-order valence-corrected chi connectivity index (χ3v) is 1.05. The predicted octanol–water partition coefficient (Wildman–Crippen LogP) is -0.624. The van der Waals surface area contributed by atoms with Gasteiger partial charge in [0.25, 0.3) is 0 Å². The van der Waals surface area contributed by atoms with Crippen molar-refractivity contribution in [2.45, 2.75) is 12.7 Å². The minimum atomic E-state index is -0.958. The minimum absolute atomic E-state index is 0.220. The van der Waals surface area contributed by atoms with Gasteiger partial charge in [0.05, 0.1) is 0 Å². The third-order valence-electron chi connectivity index (χ3n) is 1.05. The second-order valence-corrected chi connectivity index (χ2v) is 2.27. The topological polar surface area (TPSA) is 67.5 Å². The zero-order chi connectivity index (χ0) is 7.61. The molecule has 1 unspecified atom stereocenters. The summed E-state index contributed by atoms with van der Waals surface area (Å²) in [7, 11) is 0. The molecule has 3 N–H and O–H groups in total. The Kier molecular flexibility index (Phi) is 1.55. The molecule has 0 aromatic heterocycles. The van der Waals surface area contributed by atoms with Crippen molar-refractivity contribution in [3.05, 3.63) is 12.2 Å². The summed E-state index contributed by atoms with van der Waals surface area (Å²) in [5.41, 5.74) is 5.50. The molecule has 0 aliphatic carbocycles. The molecule has 0 saturated carbocycles. The normalized spacial score (nSPS) is 31.6. The summed E-state index contributed by atoms with van der Waals surface area (Å²) in [5, 5.41) is 2.47. The van der Waals surface area contributed by atoms with Crippen LogP contribution in [-0.4, -0.2) is 17.9 Å². The molecule has 0 fully saturated rings. The van der Waals surface area contributed by atoms with Gasteiger partial charge in [-0.05, 0) is 13.0 Å². The van der Waals surface area contributed by atoms with E-state index in [9.17, 15) is 4.79 Å². The Labute approximate surface area is 58.8 Å². The van der Waals surface area contributed by atoms with Crippen LogP contribution in [0.2, 0.25) is 0 Å². The van der Waals surface area contributed by atoms with Gasteiger partial charge < -0.3 is 5.32 Å². The fraction of sp³-hybridized carbons (Fsp3) is 0.333. The highest BCUT2D eigenvalue weighted by atomic mass is 16.1. The van der Waals surface area contributed by atoms with Crippen LogP contribution in [0, 0.1) is 0 Å². The second-order valence-electron chi connectivity index (χ2n) is 2.27. The van der Waals surface area contributed by atoms with E-state index in [1.54, 1.807) is 13.0 Å². The van der Waals surface area contributed by atoms with Crippen LogP contribution in [0.3, 0.4) is 0 Å². The van der Waals surface area contributed by atoms with Gasteiger partial charge >= 0.3 is 0 Å². The van der Waals surface area contributed by atoms with Gasteiger partial charge in [0.15, 0.2) is 5.79 Å². The SMILES string of the molecule is CC1(N)N=CC=CC(=O)N1. The number of nitrogens with one attached hydrogen (secondary N) is 1. The van der Waals surface area contributed by atoms with E-state index in [1.165, 1.54) is 12.3 Å². The van der Waals surface area contributed by atoms with Crippen molar-refractivity contribution in [3.63, 3.8) is 0 Å². The number of aliphatic imine (C=N–C) groups is 1. The maximum Gasteiger partial charge on any atom is 0.246 e. The zero-order valence-corrected chi connectivity index (χ0v) is 5.66. The highest BCUT2D eigenvalue weighted by Crippen LogP contribution is 1.97. The maximum atomic E-state index is 10.7. The van der Waals surface area contributed by atoms with Crippen molar-refractivity contribution in [1.82, 2.24) is 5.32 Å². The summed E-state index contributed by atoms with van der Waals surface area (Å²) in [5.74, 6) is -1.18. The molecule has 54 valence electrons. The Morgan fingerprint density at radius 3 is 3.20 bits per heavy atom. The maximum absolute atomic E-state index is 10.7. The quantitative estimate of drug-likeness (QED) is 0.469. The van der Waals surface area contributed by atoms with Crippen molar-refractivity contribution < 1.29 is 4.79 Å². The molecule has 1 heterocycles. The van der Waals surface area contributed by atoms with Crippen molar-refractivity contribution in [1.29, 1.82) is 0 Å². The van der Waals surface area contributed by atoms with Crippen LogP contribution in [0.5, 0.6) is 0 Å². The van der Waals surface area contributed by atoms with E-state index < -0.39 is 5.79 Å². The van der Waals surface area contributed by atoms with Crippen LogP contribution in [0.1, 0.15) is 6.92 Å². The highest BCUT2D eigenvalue weighted by molar-refractivity contribution is 5.93. The Morgan fingerprint density at radius 1 is 1.80 bits per heavy atom. The van der Waals surface area contributed by atoms with Crippen LogP contribution in [0.15, 0.2) is 17.1 Å². The van der Waals surface area contributed by atoms with Crippen LogP contribution < -0.4 is 11.1 Å². The molecule has 4 nitrogen and oxygen atoms in total. The molecule has 0 spiro atoms. The van der Waals surface area contributed by atoms with E-state index in [0.29, 0.717) is 0 Å². The van der Waals surface area contributed by atoms with Gasteiger partial charge in [0.2, 0.25) is 5.91 Å². The number of amides is 1. The summed E-state index contributed by atoms with van der Waals surface area (Å²) in [6.45, 7) is 1.62. The van der Waals surface area contributed by atoms with Crippen molar-refractivity contribution in [2.75, 3.05) is 0 Å². The molecule has 10 heavy (non-hydrogen) atoms. The Hall–Kier alpha value is -1.16. The second kappa shape index (κ2) is 2.22. The minimum Gasteiger partial charge on any atom is -0.316 e. The fourth-order valence-corrected chi connectivity index (χ4v) is 0.652. The standard InChI is InChI=1S/C6H9N3O/c1-6(7)8-4-2-3-5(10)9-6/h2-4H,7H2,1H3,(H,9,10). The number of nitrogens with zero attached hydrogens (tertiary/aromatic N) is 1. The molecule has 0 saturated heterocycles. The average molecular weight is 139 g/mol. The zero-order valence-electron chi connectivity index (χ0n) is 5.66. The first-order valence-corrected chi connectivity index (χ1v) is 2.93. The van der Waals surface area contributed by atoms with Crippen LogP contribution in [0.4, 0.5) is 0 Å². The smallest absolute Gasteiger partial charge is 0.246 e. The van der Waals surface area contributed by atoms with Gasteiger partial charge in [0.1, 0.15) is 0 Å². The first kappa shape index (κ1) is 6.95. The Bertz CT molecular complexity index is 205. The van der Waals surface area contributed by atoms with Crippen LogP contribution in [0.25, 0.3) is 0 Å². The first-order chi connectivity index (χ1) is 4.60. The molecule has 1 aliphatic heterocycles. The monoisotopic (exact) mass is 139 g/mol. The van der Waals surface area contributed by atoms with E-state index in [4.69, 9.17) is 5.73 Å². The van der Waals surface area contributed by atoms with Crippen molar-refractivity contribution in [3.8, 4) is 0 Å². The summed E-state index contributed by atoms with van der Waals surface area (Å²) >= 11 is 0. The molecular weight excluding hydrogens is 130 g/mol. The summed E-state index contributed by atoms with van der Waals surface area (Å²) in [4.78, 5) is 14.6. The summed E-state index contributed by atoms with van der Waals surface area (Å²) in [6.07, 6.45) is 4.42. The predicted molar refractivity (Wildman–Crippen MR) is 38.4 cm³/mol. The molecule has 1 amide bonds. The Balaban J connectivity index is 2.79. The molecule has 0 bridgehead atoms. The first-order valence-electron chi connectivity index (χ1n) is 2.93. The van der Waals surface area contributed by atoms with Crippen molar-refractivity contribution in [2.24, 2.45) is 10.7 Å². The lowest BCUT2D eigenvalue weighted by molar-refractivity contribution is -0.117. The van der Waals surface area contributed by atoms with E-state index in [0.717, 1.165) is 0 Å². The largest absolute Gasteiger partial charge is 0.316 e. The van der Waals surface area contributed by atoms with Gasteiger partial charge in [-0.15, -0.1) is 0 Å². The van der Waals surface area contributed by atoms with E-state index in [1.807, 2.05) is 0 Å². The number of allylic oxidation sites excluding steroid dienone is 1. The number of hydrogen-bond donors (Lipinski definition) is 2. The van der Waals surface area contributed by atoms with Gasteiger partial charge in [-0.1, -0.05) is 0 Å². The molecule has 1 rings (SSSR count). The molecular formula is C6H9N3O. The number of hydrogen-bond acceptors (Lipinski definition) is 3. The summed E-state index contributed by atoms with van der Waals surface area (Å²) in [6, 6.07) is 0. The molecule has 1 atom stereocenters.